The van der Waals surface area contributed by atoms with Crippen LogP contribution < -0.4 is 0 Å². The molecule has 0 N–H and O–H groups in total. The van der Waals surface area contributed by atoms with Gasteiger partial charge in [-0.3, -0.25) is 9.88 Å². The largest absolute Gasteiger partial charge is 0.296 e. The third kappa shape index (κ3) is 3.96. The second-order valence-corrected chi connectivity index (χ2v) is 8.83. The smallest absolute Gasteiger partial charge is 0.243 e. The highest BCUT2D eigenvalue weighted by Gasteiger charge is 2.28. The summed E-state index contributed by atoms with van der Waals surface area (Å²) in [7, 11) is -3.55. The van der Waals surface area contributed by atoms with Gasteiger partial charge in [0.05, 0.1) is 22.1 Å². The predicted molar refractivity (Wildman–Crippen MR) is 105 cm³/mol. The van der Waals surface area contributed by atoms with E-state index in [4.69, 9.17) is 11.6 Å². The third-order valence-electron chi connectivity index (χ3n) is 4.70. The van der Waals surface area contributed by atoms with Crippen LogP contribution in [-0.2, 0) is 16.6 Å². The third-order valence-corrected chi connectivity index (χ3v) is 6.78. The zero-order chi connectivity index (χ0) is 18.9. The number of halogens is 1. The van der Waals surface area contributed by atoms with Crippen LogP contribution in [0.25, 0.3) is 11.0 Å². The molecule has 0 amide bonds. The minimum atomic E-state index is -3.55. The van der Waals surface area contributed by atoms with Crippen LogP contribution in [0.5, 0.6) is 0 Å². The maximum absolute atomic E-state index is 13.0. The maximum atomic E-state index is 13.0. The second-order valence-electron chi connectivity index (χ2n) is 6.51. The summed E-state index contributed by atoms with van der Waals surface area (Å²) in [5.74, 6) is 0. The molecule has 2 aromatic carbocycles. The number of hydrogen-bond donors (Lipinski definition) is 0. The highest BCUT2D eigenvalue weighted by molar-refractivity contribution is 7.89. The van der Waals surface area contributed by atoms with E-state index in [-0.39, 0.29) is 10.0 Å². The van der Waals surface area contributed by atoms with Gasteiger partial charge in [-0.15, -0.1) is 0 Å². The Labute approximate surface area is 163 Å². The fourth-order valence-corrected chi connectivity index (χ4v) is 4.83. The van der Waals surface area contributed by atoms with E-state index in [1.807, 2.05) is 18.2 Å². The first-order valence-electron chi connectivity index (χ1n) is 8.71. The number of benzene rings is 2. The van der Waals surface area contributed by atoms with Crippen molar-refractivity contribution in [1.29, 1.82) is 0 Å². The van der Waals surface area contributed by atoms with Crippen LogP contribution in [0.1, 0.15) is 5.56 Å². The first-order valence-corrected chi connectivity index (χ1v) is 10.5. The van der Waals surface area contributed by atoms with Crippen molar-refractivity contribution in [3.05, 3.63) is 65.4 Å². The number of piperazine rings is 1. The number of nitrogens with zero attached hydrogens (tertiary/aromatic N) is 4. The lowest BCUT2D eigenvalue weighted by molar-refractivity contribution is 0.181. The van der Waals surface area contributed by atoms with Crippen LogP contribution in [0.3, 0.4) is 0 Å². The van der Waals surface area contributed by atoms with Crippen molar-refractivity contribution >= 4 is 32.7 Å². The van der Waals surface area contributed by atoms with E-state index in [0.29, 0.717) is 37.2 Å². The monoisotopic (exact) mass is 402 g/mol. The molecule has 0 bridgehead atoms. The summed E-state index contributed by atoms with van der Waals surface area (Å²) >= 11 is 5.84. The van der Waals surface area contributed by atoms with Crippen LogP contribution in [0.4, 0.5) is 0 Å². The van der Waals surface area contributed by atoms with Crippen molar-refractivity contribution in [2.24, 2.45) is 0 Å². The van der Waals surface area contributed by atoms with Gasteiger partial charge in [-0.05, 0) is 23.8 Å². The van der Waals surface area contributed by atoms with Crippen molar-refractivity contribution in [2.75, 3.05) is 26.2 Å². The number of rotatable bonds is 4. The molecule has 8 heteroatoms. The number of sulfonamides is 1. The van der Waals surface area contributed by atoms with Gasteiger partial charge in [-0.1, -0.05) is 41.9 Å². The molecule has 1 aliphatic rings. The van der Waals surface area contributed by atoms with E-state index in [1.165, 1.54) is 11.8 Å². The summed E-state index contributed by atoms with van der Waals surface area (Å²) in [5.41, 5.74) is 2.33. The van der Waals surface area contributed by atoms with Crippen molar-refractivity contribution in [2.45, 2.75) is 11.4 Å². The van der Waals surface area contributed by atoms with Crippen LogP contribution in [0.15, 0.2) is 59.6 Å². The van der Waals surface area contributed by atoms with Gasteiger partial charge in [0, 0.05) is 32.7 Å². The molecule has 0 aliphatic carbocycles. The Morgan fingerprint density at radius 3 is 2.44 bits per heavy atom. The van der Waals surface area contributed by atoms with Gasteiger partial charge < -0.3 is 0 Å². The van der Waals surface area contributed by atoms with Crippen molar-refractivity contribution < 1.29 is 8.42 Å². The summed E-state index contributed by atoms with van der Waals surface area (Å²) in [6, 6.07) is 15.0. The van der Waals surface area contributed by atoms with Gasteiger partial charge in [0.15, 0.2) is 0 Å². The van der Waals surface area contributed by atoms with E-state index >= 15 is 0 Å². The quantitative estimate of drug-likeness (QED) is 0.671. The molecule has 140 valence electrons. The molecular weight excluding hydrogens is 384 g/mol. The highest BCUT2D eigenvalue weighted by atomic mass is 35.5. The lowest BCUT2D eigenvalue weighted by atomic mass is 10.2. The fraction of sp³-hybridized carbons (Fsp3) is 0.263. The Bertz CT molecular complexity index is 1050. The van der Waals surface area contributed by atoms with Gasteiger partial charge in [-0.25, -0.2) is 13.4 Å². The zero-order valence-corrected chi connectivity index (χ0v) is 16.2. The van der Waals surface area contributed by atoms with E-state index in [2.05, 4.69) is 27.0 Å². The number of fused-ring (bicyclic) bond motifs is 1. The average molecular weight is 403 g/mol. The minimum absolute atomic E-state index is 0.239. The summed E-state index contributed by atoms with van der Waals surface area (Å²) in [6.07, 6.45) is 1.42. The summed E-state index contributed by atoms with van der Waals surface area (Å²) < 4.78 is 27.5. The van der Waals surface area contributed by atoms with Crippen molar-refractivity contribution in [3.8, 4) is 0 Å². The molecule has 0 unspecified atom stereocenters. The van der Waals surface area contributed by atoms with Crippen molar-refractivity contribution in [3.63, 3.8) is 0 Å². The molecule has 1 aromatic heterocycles. The Hall–Kier alpha value is -2.06. The van der Waals surface area contributed by atoms with E-state index in [0.717, 1.165) is 6.54 Å². The minimum Gasteiger partial charge on any atom is -0.296 e. The molecule has 4 rings (SSSR count). The Morgan fingerprint density at radius 2 is 1.70 bits per heavy atom. The molecule has 6 nitrogen and oxygen atoms in total. The SMILES string of the molecule is O=S(=O)(c1ccc2nc(Cl)cnc2c1)N1CCN(Cc2ccccc2)CC1. The molecule has 27 heavy (non-hydrogen) atoms. The van der Waals surface area contributed by atoms with E-state index < -0.39 is 10.0 Å². The van der Waals surface area contributed by atoms with Gasteiger partial charge >= 0.3 is 0 Å². The predicted octanol–water partition coefficient (Wildman–Crippen LogP) is 2.79. The Kier molecular flexibility index (Phi) is 5.10. The fourth-order valence-electron chi connectivity index (χ4n) is 3.25. The van der Waals surface area contributed by atoms with Crippen LogP contribution >= 0.6 is 11.6 Å². The van der Waals surface area contributed by atoms with Crippen LogP contribution in [-0.4, -0.2) is 53.8 Å². The maximum Gasteiger partial charge on any atom is 0.243 e. The molecule has 1 saturated heterocycles. The standard InChI is InChI=1S/C19H19ClN4O2S/c20-19-13-21-18-12-16(6-7-17(18)22-19)27(25,26)24-10-8-23(9-11-24)14-15-4-2-1-3-5-15/h1-7,12-13H,8-11,14H2. The topological polar surface area (TPSA) is 66.4 Å². The molecule has 1 fully saturated rings. The first kappa shape index (κ1) is 18.3. The first-order chi connectivity index (χ1) is 13.0. The Balaban J connectivity index is 1.48. The van der Waals surface area contributed by atoms with E-state index in [9.17, 15) is 8.42 Å². The highest BCUT2D eigenvalue weighted by Crippen LogP contribution is 2.22. The molecule has 2 heterocycles. The summed E-state index contributed by atoms with van der Waals surface area (Å²) in [6.45, 7) is 3.19. The zero-order valence-electron chi connectivity index (χ0n) is 14.6. The van der Waals surface area contributed by atoms with Gasteiger partial charge in [0.2, 0.25) is 10.0 Å². The molecule has 1 aliphatic heterocycles. The second kappa shape index (κ2) is 7.52. The summed E-state index contributed by atoms with van der Waals surface area (Å²) in [4.78, 5) is 10.8. The molecule has 0 spiro atoms. The number of aromatic nitrogens is 2. The van der Waals surface area contributed by atoms with Crippen molar-refractivity contribution in [1.82, 2.24) is 19.2 Å². The lowest BCUT2D eigenvalue weighted by Crippen LogP contribution is -2.48. The van der Waals surface area contributed by atoms with Gasteiger partial charge in [0.25, 0.3) is 0 Å². The average Bonchev–Trinajstić information content (AvgIpc) is 2.69. The number of hydrogen-bond acceptors (Lipinski definition) is 5. The molecule has 3 aromatic rings. The van der Waals surface area contributed by atoms with Crippen LogP contribution in [0.2, 0.25) is 5.15 Å². The van der Waals surface area contributed by atoms with Gasteiger partial charge in [0.1, 0.15) is 5.15 Å². The summed E-state index contributed by atoms with van der Waals surface area (Å²) in [5, 5.41) is 0.285. The molecule has 0 radical (unpaired) electrons. The van der Waals surface area contributed by atoms with Gasteiger partial charge in [-0.2, -0.15) is 4.31 Å². The lowest BCUT2D eigenvalue weighted by Gasteiger charge is -2.34. The Morgan fingerprint density at radius 1 is 0.963 bits per heavy atom. The van der Waals surface area contributed by atoms with Crippen LogP contribution in [0, 0.1) is 0 Å². The molecule has 0 atom stereocenters. The van der Waals surface area contributed by atoms with E-state index in [1.54, 1.807) is 22.5 Å². The normalized spacial score (nSPS) is 16.6. The molecular formula is C19H19ClN4O2S. The molecule has 0 saturated carbocycles.